The van der Waals surface area contributed by atoms with Crippen LogP contribution in [0.15, 0.2) is 39.5 Å². The summed E-state index contributed by atoms with van der Waals surface area (Å²) in [5.74, 6) is 0.730. The van der Waals surface area contributed by atoms with Crippen molar-refractivity contribution in [2.75, 3.05) is 0 Å². The van der Waals surface area contributed by atoms with Crippen molar-refractivity contribution in [2.45, 2.75) is 26.4 Å². The molecule has 2 aromatic rings. The molecule has 0 spiro atoms. The van der Waals surface area contributed by atoms with E-state index < -0.39 is 0 Å². The highest BCUT2D eigenvalue weighted by Gasteiger charge is 2.14. The molecule has 0 unspecified atom stereocenters. The molecule has 0 fully saturated rings. The topological polar surface area (TPSA) is 39.4 Å². The fraction of sp³-hybridized carbons (Fsp3) is 0.308. The van der Waals surface area contributed by atoms with Crippen LogP contribution in [0.3, 0.4) is 0 Å². The van der Waals surface area contributed by atoms with Crippen molar-refractivity contribution in [3.8, 4) is 5.75 Å². The number of hydrogen-bond acceptors (Lipinski definition) is 3. The molecule has 2 rings (SSSR count). The molecule has 1 aromatic carbocycles. The molecule has 0 atom stereocenters. The highest BCUT2D eigenvalue weighted by Crippen LogP contribution is 2.27. The minimum absolute atomic E-state index is 0.273. The summed E-state index contributed by atoms with van der Waals surface area (Å²) in [7, 11) is 0. The predicted molar refractivity (Wildman–Crippen MR) is 62.9 cm³/mol. The first-order valence-corrected chi connectivity index (χ1v) is 5.18. The molecule has 0 saturated carbocycles. The van der Waals surface area contributed by atoms with Crippen molar-refractivity contribution in [3.05, 3.63) is 40.8 Å². The molecule has 0 bridgehead atoms. The molecular formula is C13H14O3. The summed E-state index contributed by atoms with van der Waals surface area (Å²) in [5.41, 5.74) is -0.0700. The maximum absolute atomic E-state index is 11.1. The zero-order chi connectivity index (χ0) is 11.8. The van der Waals surface area contributed by atoms with Crippen molar-refractivity contribution < 1.29 is 9.15 Å². The van der Waals surface area contributed by atoms with Gasteiger partial charge in [0.25, 0.3) is 0 Å². The first-order chi connectivity index (χ1) is 7.46. The maximum Gasteiger partial charge on any atom is 0.336 e. The lowest BCUT2D eigenvalue weighted by Crippen LogP contribution is -2.23. The molecule has 1 heterocycles. The molecule has 0 aliphatic carbocycles. The molecule has 16 heavy (non-hydrogen) atoms. The number of benzene rings is 1. The van der Waals surface area contributed by atoms with Gasteiger partial charge >= 0.3 is 5.63 Å². The number of fused-ring (bicyclic) bond motifs is 1. The second-order valence-electron chi connectivity index (χ2n) is 4.64. The molecule has 3 heteroatoms. The van der Waals surface area contributed by atoms with Crippen molar-refractivity contribution in [1.82, 2.24) is 0 Å². The summed E-state index contributed by atoms with van der Waals surface area (Å²) in [6.07, 6.45) is 0. The van der Waals surface area contributed by atoms with Gasteiger partial charge in [0.05, 0.1) is 5.39 Å². The Kier molecular flexibility index (Phi) is 2.46. The average Bonchev–Trinajstić information content (AvgIpc) is 2.15. The second-order valence-corrected chi connectivity index (χ2v) is 4.64. The highest BCUT2D eigenvalue weighted by molar-refractivity contribution is 5.83. The Morgan fingerprint density at radius 2 is 1.88 bits per heavy atom. The summed E-state index contributed by atoms with van der Waals surface area (Å²) in [6.45, 7) is 5.93. The van der Waals surface area contributed by atoms with Crippen molar-refractivity contribution >= 4 is 11.0 Å². The Labute approximate surface area is 93.7 Å². The van der Waals surface area contributed by atoms with Gasteiger partial charge in [-0.05, 0) is 39.0 Å². The summed E-state index contributed by atoms with van der Waals surface area (Å²) in [4.78, 5) is 11.1. The van der Waals surface area contributed by atoms with Crippen LogP contribution in [0, 0.1) is 0 Å². The van der Waals surface area contributed by atoms with Gasteiger partial charge in [-0.15, -0.1) is 0 Å². The van der Waals surface area contributed by atoms with E-state index in [1.54, 1.807) is 12.1 Å². The molecule has 84 valence electrons. The SMILES string of the molecule is CC(C)(C)Oc1cccc2oc(=O)ccc12. The van der Waals surface area contributed by atoms with Crippen LogP contribution in [-0.4, -0.2) is 5.60 Å². The lowest BCUT2D eigenvalue weighted by Gasteiger charge is -2.21. The third-order valence-corrected chi connectivity index (χ3v) is 2.04. The van der Waals surface area contributed by atoms with Crippen molar-refractivity contribution in [1.29, 1.82) is 0 Å². The van der Waals surface area contributed by atoms with Gasteiger partial charge in [0.2, 0.25) is 0 Å². The van der Waals surface area contributed by atoms with Crippen LogP contribution in [-0.2, 0) is 0 Å². The predicted octanol–water partition coefficient (Wildman–Crippen LogP) is 2.97. The van der Waals surface area contributed by atoms with Crippen LogP contribution in [0.2, 0.25) is 0 Å². The molecule has 0 N–H and O–H groups in total. The Balaban J connectivity index is 2.58. The normalized spacial score (nSPS) is 11.7. The monoisotopic (exact) mass is 218 g/mol. The van der Waals surface area contributed by atoms with E-state index in [4.69, 9.17) is 9.15 Å². The molecule has 0 saturated heterocycles. The van der Waals surface area contributed by atoms with Crippen LogP contribution in [0.1, 0.15) is 20.8 Å². The Hall–Kier alpha value is -1.77. The summed E-state index contributed by atoms with van der Waals surface area (Å²) in [6, 6.07) is 8.56. The quantitative estimate of drug-likeness (QED) is 0.691. The van der Waals surface area contributed by atoms with Gasteiger partial charge in [-0.25, -0.2) is 4.79 Å². The first-order valence-electron chi connectivity index (χ1n) is 5.18. The summed E-state index contributed by atoms with van der Waals surface area (Å²) in [5, 5.41) is 0.817. The molecule has 0 aliphatic heterocycles. The third-order valence-electron chi connectivity index (χ3n) is 2.04. The maximum atomic E-state index is 11.1. The van der Waals surface area contributed by atoms with Crippen molar-refractivity contribution in [2.24, 2.45) is 0 Å². The van der Waals surface area contributed by atoms with Crippen molar-refractivity contribution in [3.63, 3.8) is 0 Å². The number of rotatable bonds is 1. The summed E-state index contributed by atoms with van der Waals surface area (Å²) >= 11 is 0. The molecule has 1 aromatic heterocycles. The van der Waals surface area contributed by atoms with E-state index in [9.17, 15) is 4.79 Å². The van der Waals surface area contributed by atoms with E-state index in [-0.39, 0.29) is 11.2 Å². The van der Waals surface area contributed by atoms with E-state index in [0.717, 1.165) is 11.1 Å². The molecule has 0 aliphatic rings. The lowest BCUT2D eigenvalue weighted by atomic mass is 10.1. The Bertz CT molecular complexity index is 561. The minimum Gasteiger partial charge on any atom is -0.487 e. The van der Waals surface area contributed by atoms with E-state index in [0.29, 0.717) is 5.58 Å². The number of hydrogen-bond donors (Lipinski definition) is 0. The van der Waals surface area contributed by atoms with Crippen LogP contribution in [0.25, 0.3) is 11.0 Å². The van der Waals surface area contributed by atoms with E-state index >= 15 is 0 Å². The van der Waals surface area contributed by atoms with Gasteiger partial charge in [-0.1, -0.05) is 6.07 Å². The molecule has 0 amide bonds. The Morgan fingerprint density at radius 3 is 2.56 bits per heavy atom. The van der Waals surface area contributed by atoms with Crippen LogP contribution < -0.4 is 10.4 Å². The zero-order valence-corrected chi connectivity index (χ0v) is 9.61. The fourth-order valence-corrected chi connectivity index (χ4v) is 1.49. The van der Waals surface area contributed by atoms with E-state index in [1.807, 2.05) is 32.9 Å². The molecule has 3 nitrogen and oxygen atoms in total. The van der Waals surface area contributed by atoms with Crippen LogP contribution in [0.5, 0.6) is 5.75 Å². The Morgan fingerprint density at radius 1 is 1.12 bits per heavy atom. The second kappa shape index (κ2) is 3.67. The van der Waals surface area contributed by atoms with Gasteiger partial charge in [0.1, 0.15) is 16.9 Å². The molecular weight excluding hydrogens is 204 g/mol. The largest absolute Gasteiger partial charge is 0.487 e. The average molecular weight is 218 g/mol. The van der Waals surface area contributed by atoms with E-state index in [2.05, 4.69) is 0 Å². The smallest absolute Gasteiger partial charge is 0.336 e. The standard InChI is InChI=1S/C13H14O3/c1-13(2,3)16-11-6-4-5-10-9(11)7-8-12(14)15-10/h4-8H,1-3H3. The van der Waals surface area contributed by atoms with Crippen LogP contribution >= 0.6 is 0 Å². The van der Waals surface area contributed by atoms with Gasteiger partial charge < -0.3 is 9.15 Å². The van der Waals surface area contributed by atoms with Gasteiger partial charge in [0, 0.05) is 6.07 Å². The zero-order valence-electron chi connectivity index (χ0n) is 9.61. The van der Waals surface area contributed by atoms with Gasteiger partial charge in [-0.2, -0.15) is 0 Å². The minimum atomic E-state index is -0.347. The summed E-state index contributed by atoms with van der Waals surface area (Å²) < 4.78 is 10.9. The highest BCUT2D eigenvalue weighted by atomic mass is 16.5. The first kappa shape index (κ1) is 10.7. The molecule has 0 radical (unpaired) electrons. The van der Waals surface area contributed by atoms with Crippen LogP contribution in [0.4, 0.5) is 0 Å². The van der Waals surface area contributed by atoms with Gasteiger partial charge in [0.15, 0.2) is 0 Å². The van der Waals surface area contributed by atoms with E-state index in [1.165, 1.54) is 6.07 Å². The third kappa shape index (κ3) is 2.24. The lowest BCUT2D eigenvalue weighted by molar-refractivity contribution is 0.133. The van der Waals surface area contributed by atoms with Gasteiger partial charge in [-0.3, -0.25) is 0 Å². The fourth-order valence-electron chi connectivity index (χ4n) is 1.49. The number of ether oxygens (including phenoxy) is 1.